The number of hydrogen-bond donors (Lipinski definition) is 0. The summed E-state index contributed by atoms with van der Waals surface area (Å²) in [6.07, 6.45) is 1.86. The van der Waals surface area contributed by atoms with Crippen molar-refractivity contribution in [2.24, 2.45) is 0 Å². The van der Waals surface area contributed by atoms with Gasteiger partial charge in [-0.2, -0.15) is 0 Å². The maximum atomic E-state index is 12.2. The summed E-state index contributed by atoms with van der Waals surface area (Å²) < 4.78 is 11.1. The fourth-order valence-electron chi connectivity index (χ4n) is 2.69. The zero-order chi connectivity index (χ0) is 15.9. The van der Waals surface area contributed by atoms with Crippen LogP contribution in [0.5, 0.6) is 5.75 Å². The lowest BCUT2D eigenvalue weighted by Crippen LogP contribution is -2.14. The van der Waals surface area contributed by atoms with Crippen molar-refractivity contribution in [3.8, 4) is 5.75 Å². The van der Waals surface area contributed by atoms with Gasteiger partial charge in [-0.05, 0) is 18.2 Å². The molecule has 0 radical (unpaired) electrons. The summed E-state index contributed by atoms with van der Waals surface area (Å²) >= 11 is 0. The van der Waals surface area contributed by atoms with Crippen molar-refractivity contribution in [3.05, 3.63) is 65.0 Å². The number of ether oxygens (including phenoxy) is 1. The minimum Gasteiger partial charge on any atom is -0.496 e. The predicted octanol–water partition coefficient (Wildman–Crippen LogP) is 4.42. The highest BCUT2D eigenvalue weighted by molar-refractivity contribution is 6.05. The number of allylic oxidation sites excluding steroid dienone is 1. The Morgan fingerprint density at radius 1 is 1.14 bits per heavy atom. The number of benzene rings is 2. The van der Waals surface area contributed by atoms with Gasteiger partial charge in [-0.25, -0.2) is 4.79 Å². The molecule has 0 amide bonds. The Balaban J connectivity index is 2.47. The average Bonchev–Trinajstić information content (AvgIpc) is 2.54. The summed E-state index contributed by atoms with van der Waals surface area (Å²) in [7, 11) is 1.64. The van der Waals surface area contributed by atoms with Gasteiger partial charge in [-0.3, -0.25) is 0 Å². The van der Waals surface area contributed by atoms with Crippen LogP contribution in [0.1, 0.15) is 19.4 Å². The summed E-state index contributed by atoms with van der Waals surface area (Å²) in [5, 5.41) is 2.32. The second-order valence-corrected chi connectivity index (χ2v) is 5.91. The van der Waals surface area contributed by atoms with Gasteiger partial charge in [0.05, 0.1) is 12.5 Å². The van der Waals surface area contributed by atoms with E-state index in [9.17, 15) is 4.79 Å². The number of methoxy groups -OCH3 is 1. The smallest absolute Gasteiger partial charge is 0.344 e. The van der Waals surface area contributed by atoms with E-state index in [1.165, 1.54) is 0 Å². The molecule has 0 saturated carbocycles. The van der Waals surface area contributed by atoms with E-state index < -0.39 is 0 Å². The third-order valence-corrected chi connectivity index (χ3v) is 4.15. The van der Waals surface area contributed by atoms with Crippen molar-refractivity contribution in [1.29, 1.82) is 0 Å². The molecule has 3 heteroatoms. The maximum Gasteiger partial charge on any atom is 0.344 e. The van der Waals surface area contributed by atoms with Gasteiger partial charge in [0.1, 0.15) is 11.3 Å². The third kappa shape index (κ3) is 2.10. The van der Waals surface area contributed by atoms with Gasteiger partial charge in [0.2, 0.25) is 0 Å². The van der Waals surface area contributed by atoms with Gasteiger partial charge in [-0.1, -0.05) is 38.1 Å². The lowest BCUT2D eigenvalue weighted by Gasteiger charge is -2.23. The van der Waals surface area contributed by atoms with E-state index in [1.807, 2.05) is 50.3 Å². The molecule has 0 fully saturated rings. The van der Waals surface area contributed by atoms with Gasteiger partial charge >= 0.3 is 5.63 Å². The van der Waals surface area contributed by atoms with Crippen LogP contribution in [0.4, 0.5) is 0 Å². The average molecular weight is 294 g/mol. The molecule has 112 valence electrons. The van der Waals surface area contributed by atoms with E-state index in [-0.39, 0.29) is 11.0 Å². The molecule has 0 aliphatic heterocycles. The summed E-state index contributed by atoms with van der Waals surface area (Å²) in [6.45, 7) is 7.97. The molecule has 0 saturated heterocycles. The third-order valence-electron chi connectivity index (χ3n) is 4.15. The molecule has 0 N–H and O–H groups in total. The van der Waals surface area contributed by atoms with Crippen molar-refractivity contribution in [1.82, 2.24) is 0 Å². The Bertz CT molecular complexity index is 932. The van der Waals surface area contributed by atoms with Crippen LogP contribution < -0.4 is 10.4 Å². The number of rotatable bonds is 3. The van der Waals surface area contributed by atoms with E-state index in [1.54, 1.807) is 13.2 Å². The normalized spacial score (nSPS) is 11.8. The van der Waals surface area contributed by atoms with Gasteiger partial charge in [0, 0.05) is 21.8 Å². The molecule has 0 aliphatic rings. The minimum atomic E-state index is -0.323. The molecule has 3 rings (SSSR count). The Morgan fingerprint density at radius 3 is 2.45 bits per heavy atom. The van der Waals surface area contributed by atoms with Crippen molar-refractivity contribution in [2.75, 3.05) is 7.11 Å². The molecule has 0 aliphatic carbocycles. The summed E-state index contributed by atoms with van der Waals surface area (Å²) in [5.74, 6) is 0.761. The first-order valence-electron chi connectivity index (χ1n) is 7.15. The fourth-order valence-corrected chi connectivity index (χ4v) is 2.69. The van der Waals surface area contributed by atoms with E-state index in [2.05, 4.69) is 6.58 Å². The first-order valence-corrected chi connectivity index (χ1v) is 7.15. The zero-order valence-electron chi connectivity index (χ0n) is 13.0. The standard InChI is InChI=1S/C19H18O3/c1-5-19(2,3)15-11-16-14(10-17(15)21-4)12-8-6-7-9-13(12)18(20)22-16/h5-11H,1H2,2-4H3. The van der Waals surface area contributed by atoms with Crippen LogP contribution in [0.25, 0.3) is 21.7 Å². The molecule has 0 bridgehead atoms. The summed E-state index contributed by atoms with van der Waals surface area (Å²) in [5.41, 5.74) is 0.894. The molecular formula is C19H18O3. The van der Waals surface area contributed by atoms with Crippen molar-refractivity contribution in [3.63, 3.8) is 0 Å². The zero-order valence-corrected chi connectivity index (χ0v) is 13.0. The van der Waals surface area contributed by atoms with Crippen molar-refractivity contribution >= 4 is 21.7 Å². The molecule has 0 unspecified atom stereocenters. The lowest BCUT2D eigenvalue weighted by atomic mass is 9.83. The summed E-state index contributed by atoms with van der Waals surface area (Å²) in [6, 6.07) is 11.2. The minimum absolute atomic E-state index is 0.288. The monoisotopic (exact) mass is 294 g/mol. The van der Waals surface area contributed by atoms with E-state index in [4.69, 9.17) is 9.15 Å². The van der Waals surface area contributed by atoms with E-state index >= 15 is 0 Å². The molecule has 1 aromatic heterocycles. The molecular weight excluding hydrogens is 276 g/mol. The molecule has 3 nitrogen and oxygen atoms in total. The van der Waals surface area contributed by atoms with Gasteiger partial charge < -0.3 is 9.15 Å². The fraction of sp³-hybridized carbons (Fsp3) is 0.211. The van der Waals surface area contributed by atoms with Crippen LogP contribution in [0.15, 0.2) is 58.3 Å². The first-order chi connectivity index (χ1) is 10.5. The highest BCUT2D eigenvalue weighted by Gasteiger charge is 2.23. The van der Waals surface area contributed by atoms with Crippen LogP contribution in [-0.2, 0) is 5.41 Å². The van der Waals surface area contributed by atoms with Gasteiger partial charge in [0.25, 0.3) is 0 Å². The van der Waals surface area contributed by atoms with Crippen LogP contribution in [0.3, 0.4) is 0 Å². The second-order valence-electron chi connectivity index (χ2n) is 5.91. The quantitative estimate of drug-likeness (QED) is 0.408. The number of hydrogen-bond acceptors (Lipinski definition) is 3. The van der Waals surface area contributed by atoms with Gasteiger partial charge in [-0.15, -0.1) is 6.58 Å². The lowest BCUT2D eigenvalue weighted by molar-refractivity contribution is 0.402. The Hall–Kier alpha value is -2.55. The Morgan fingerprint density at radius 2 is 1.82 bits per heavy atom. The highest BCUT2D eigenvalue weighted by atomic mass is 16.5. The Labute approximate surface area is 128 Å². The Kier molecular flexibility index (Phi) is 3.28. The molecule has 0 spiro atoms. The van der Waals surface area contributed by atoms with Crippen molar-refractivity contribution < 1.29 is 9.15 Å². The van der Waals surface area contributed by atoms with Crippen molar-refractivity contribution in [2.45, 2.75) is 19.3 Å². The molecule has 2 aromatic carbocycles. The molecule has 1 heterocycles. The van der Waals surface area contributed by atoms with Crippen LogP contribution >= 0.6 is 0 Å². The SMILES string of the molecule is C=CC(C)(C)c1cc2oc(=O)c3ccccc3c2cc1OC. The van der Waals surface area contributed by atoms with Gasteiger partial charge in [0.15, 0.2) is 0 Å². The van der Waals surface area contributed by atoms with Crippen LogP contribution in [-0.4, -0.2) is 7.11 Å². The largest absolute Gasteiger partial charge is 0.496 e. The first kappa shape index (κ1) is 14.4. The molecule has 3 aromatic rings. The molecule has 0 atom stereocenters. The number of fused-ring (bicyclic) bond motifs is 3. The van der Waals surface area contributed by atoms with Crippen LogP contribution in [0, 0.1) is 0 Å². The van der Waals surface area contributed by atoms with E-state index in [0.717, 1.165) is 22.1 Å². The molecule has 22 heavy (non-hydrogen) atoms. The maximum absolute atomic E-state index is 12.2. The van der Waals surface area contributed by atoms with Crippen LogP contribution in [0.2, 0.25) is 0 Å². The second kappa shape index (κ2) is 5.02. The topological polar surface area (TPSA) is 39.4 Å². The highest BCUT2D eigenvalue weighted by Crippen LogP contribution is 2.37. The summed E-state index contributed by atoms with van der Waals surface area (Å²) in [4.78, 5) is 12.2. The van der Waals surface area contributed by atoms with E-state index in [0.29, 0.717) is 11.0 Å². The predicted molar refractivity (Wildman–Crippen MR) is 89.8 cm³/mol.